The number of hydrogen-bond acceptors (Lipinski definition) is 4. The second kappa shape index (κ2) is 15.5. The molecule has 0 aromatic heterocycles. The second-order valence-corrected chi connectivity index (χ2v) is 16.9. The fourth-order valence-corrected chi connectivity index (χ4v) is 9.82. The molecule has 5 unspecified atom stereocenters. The number of ether oxygens (including phenoxy) is 3. The monoisotopic (exact) mass is 773 g/mol. The predicted molar refractivity (Wildman–Crippen MR) is 246 cm³/mol. The molecule has 9 rings (SSSR count). The van der Waals surface area contributed by atoms with E-state index in [9.17, 15) is 0 Å². The summed E-state index contributed by atoms with van der Waals surface area (Å²) in [6.45, 7) is 19.8. The number of nitrogens with zero attached hydrogens (tertiary/aromatic N) is 1. The molecular weight excluding hydrogens is 721 g/mol. The van der Waals surface area contributed by atoms with E-state index in [1.54, 1.807) is 0 Å². The van der Waals surface area contributed by atoms with Gasteiger partial charge in [0.05, 0.1) is 11.4 Å². The van der Waals surface area contributed by atoms with E-state index in [0.717, 1.165) is 74.1 Å². The van der Waals surface area contributed by atoms with Gasteiger partial charge in [-0.1, -0.05) is 154 Å². The zero-order valence-corrected chi connectivity index (χ0v) is 34.8. The maximum absolute atomic E-state index is 7.12. The van der Waals surface area contributed by atoms with Gasteiger partial charge in [-0.05, 0) is 90.9 Å². The van der Waals surface area contributed by atoms with Crippen molar-refractivity contribution >= 4 is 23.3 Å². The van der Waals surface area contributed by atoms with Crippen molar-refractivity contribution in [3.05, 3.63) is 205 Å². The molecule has 0 saturated heterocycles. The first kappa shape index (κ1) is 38.3. The Morgan fingerprint density at radius 1 is 0.864 bits per heavy atom. The molecule has 4 aromatic carbocycles. The minimum absolute atomic E-state index is 0.00796. The summed E-state index contributed by atoms with van der Waals surface area (Å²) in [5, 5.41) is 0. The van der Waals surface area contributed by atoms with Gasteiger partial charge in [0.15, 0.2) is 0 Å². The van der Waals surface area contributed by atoms with Crippen LogP contribution in [0.15, 0.2) is 194 Å². The Morgan fingerprint density at radius 2 is 1.64 bits per heavy atom. The predicted octanol–water partition coefficient (Wildman–Crippen LogP) is 11.8. The molecule has 294 valence electrons. The van der Waals surface area contributed by atoms with E-state index in [2.05, 4.69) is 192 Å². The molecular formula is C54H52BNO3. The van der Waals surface area contributed by atoms with E-state index in [-0.39, 0.29) is 30.5 Å². The fourth-order valence-electron chi connectivity index (χ4n) is 9.82. The molecule has 0 radical (unpaired) electrons. The zero-order chi connectivity index (χ0) is 40.8. The number of fused-ring (bicyclic) bond motifs is 8. The molecule has 0 fully saturated rings. The molecule has 3 heterocycles. The lowest BCUT2D eigenvalue weighted by Crippen LogP contribution is -2.52. The van der Waals surface area contributed by atoms with Crippen LogP contribution in [0.1, 0.15) is 64.0 Å². The van der Waals surface area contributed by atoms with Crippen molar-refractivity contribution in [2.45, 2.75) is 64.5 Å². The van der Waals surface area contributed by atoms with Crippen LogP contribution in [0.25, 0.3) is 11.1 Å². The van der Waals surface area contributed by atoms with Crippen LogP contribution in [0, 0.1) is 11.8 Å². The van der Waals surface area contributed by atoms with Crippen molar-refractivity contribution in [3.8, 4) is 28.4 Å². The third-order valence-electron chi connectivity index (χ3n) is 12.8. The van der Waals surface area contributed by atoms with Crippen LogP contribution in [-0.4, -0.2) is 18.4 Å². The lowest BCUT2D eigenvalue weighted by Gasteiger charge is -2.39. The normalized spacial score (nSPS) is 22.5. The van der Waals surface area contributed by atoms with Gasteiger partial charge < -0.3 is 19.1 Å². The van der Waals surface area contributed by atoms with Gasteiger partial charge in [-0.2, -0.15) is 0 Å². The molecule has 5 atom stereocenters. The number of rotatable bonds is 10. The first-order chi connectivity index (χ1) is 28.6. The zero-order valence-electron chi connectivity index (χ0n) is 34.8. The average molecular weight is 774 g/mol. The minimum atomic E-state index is -0.471. The summed E-state index contributed by atoms with van der Waals surface area (Å²) in [6.07, 6.45) is 26.7. The molecule has 0 bridgehead atoms. The van der Waals surface area contributed by atoms with Crippen LogP contribution < -0.4 is 30.0 Å². The van der Waals surface area contributed by atoms with E-state index < -0.39 is 5.60 Å². The molecule has 0 amide bonds. The molecule has 4 nitrogen and oxygen atoms in total. The van der Waals surface area contributed by atoms with Crippen LogP contribution in [0.2, 0.25) is 0 Å². The average Bonchev–Trinajstić information content (AvgIpc) is 3.56. The Balaban J connectivity index is 1.19. The molecule has 0 spiro atoms. The van der Waals surface area contributed by atoms with Gasteiger partial charge in [-0.15, -0.1) is 0 Å². The highest BCUT2D eigenvalue weighted by molar-refractivity contribution is 6.93. The Kier molecular flexibility index (Phi) is 10.1. The lowest BCUT2D eigenvalue weighted by molar-refractivity contribution is 0.155. The van der Waals surface area contributed by atoms with Crippen LogP contribution in [-0.2, 0) is 0 Å². The van der Waals surface area contributed by atoms with Gasteiger partial charge >= 0.3 is 0 Å². The quantitative estimate of drug-likeness (QED) is 0.119. The van der Waals surface area contributed by atoms with Crippen molar-refractivity contribution in [3.63, 3.8) is 0 Å². The molecule has 5 heteroatoms. The van der Waals surface area contributed by atoms with Crippen molar-refractivity contribution < 1.29 is 14.2 Å². The molecule has 4 aromatic rings. The smallest absolute Gasteiger partial charge is 0.260 e. The SMILES string of the molecule is C=C/C=C\C(C(C)C)C(C)N(C(=C)/C=C1/Oc2cc(C3C=CC=CC3)ccc2B2C1=C(C)Oc1cc(-c3ccccc3)ccc12)c1cccc2c1OC1(C)C=CC=CC21. The number of allylic oxidation sites excluding steroid dienone is 11. The number of hydrogen-bond donors (Lipinski definition) is 0. The molecule has 59 heavy (non-hydrogen) atoms. The van der Waals surface area contributed by atoms with Gasteiger partial charge in [-0.25, -0.2) is 0 Å². The van der Waals surface area contributed by atoms with Gasteiger partial charge in [0.25, 0.3) is 6.71 Å². The summed E-state index contributed by atoms with van der Waals surface area (Å²) in [6, 6.07) is 30.4. The van der Waals surface area contributed by atoms with Crippen LogP contribution >= 0.6 is 0 Å². The number of anilines is 1. The maximum Gasteiger partial charge on any atom is 0.260 e. The Bertz CT molecular complexity index is 2550. The van der Waals surface area contributed by atoms with E-state index in [1.807, 2.05) is 12.1 Å². The highest BCUT2D eigenvalue weighted by Crippen LogP contribution is 2.53. The van der Waals surface area contributed by atoms with E-state index in [4.69, 9.17) is 20.8 Å². The van der Waals surface area contributed by atoms with E-state index >= 15 is 0 Å². The van der Waals surface area contributed by atoms with E-state index in [0.29, 0.717) is 5.92 Å². The van der Waals surface area contributed by atoms with Gasteiger partial charge in [-0.3, -0.25) is 0 Å². The summed E-state index contributed by atoms with van der Waals surface area (Å²) in [5.41, 5.74) is 9.27. The van der Waals surface area contributed by atoms with E-state index in [1.165, 1.54) is 11.1 Å². The van der Waals surface area contributed by atoms with Crippen LogP contribution in [0.5, 0.6) is 17.2 Å². The first-order valence-electron chi connectivity index (χ1n) is 21.1. The first-order valence-corrected chi connectivity index (χ1v) is 21.1. The summed E-state index contributed by atoms with van der Waals surface area (Å²) >= 11 is 0. The van der Waals surface area contributed by atoms with Crippen molar-refractivity contribution in [1.82, 2.24) is 0 Å². The number of benzene rings is 4. The minimum Gasteiger partial charge on any atom is -0.480 e. The lowest BCUT2D eigenvalue weighted by atomic mass is 9.34. The van der Waals surface area contributed by atoms with Crippen molar-refractivity contribution in [1.29, 1.82) is 0 Å². The molecule has 5 aliphatic rings. The Labute approximate surface area is 350 Å². The Morgan fingerprint density at radius 3 is 2.41 bits per heavy atom. The van der Waals surface area contributed by atoms with Crippen LogP contribution in [0.3, 0.4) is 0 Å². The second-order valence-electron chi connectivity index (χ2n) is 16.9. The largest absolute Gasteiger partial charge is 0.480 e. The third-order valence-corrected chi connectivity index (χ3v) is 12.8. The van der Waals surface area contributed by atoms with Gasteiger partial charge in [0.2, 0.25) is 0 Å². The highest BCUT2D eigenvalue weighted by atomic mass is 16.5. The highest BCUT2D eigenvalue weighted by Gasteiger charge is 2.46. The number of para-hydroxylation sites is 1. The Hall–Kier alpha value is -6.20. The topological polar surface area (TPSA) is 30.9 Å². The van der Waals surface area contributed by atoms with Gasteiger partial charge in [0.1, 0.15) is 28.6 Å². The molecule has 0 saturated carbocycles. The molecule has 2 aliphatic carbocycles. The fraction of sp³-hybridized carbons (Fsp3) is 0.222. The third kappa shape index (κ3) is 6.87. The summed E-state index contributed by atoms with van der Waals surface area (Å²) < 4.78 is 20.9. The summed E-state index contributed by atoms with van der Waals surface area (Å²) in [7, 11) is 0. The molecule has 3 aliphatic heterocycles. The summed E-state index contributed by atoms with van der Waals surface area (Å²) in [5.74, 6) is 5.08. The van der Waals surface area contributed by atoms with Crippen molar-refractivity contribution in [2.75, 3.05) is 4.90 Å². The van der Waals surface area contributed by atoms with Crippen molar-refractivity contribution in [2.24, 2.45) is 11.8 Å². The standard InChI is InChI=1S/C54H52BNO3/c1-8-9-23-43(35(2)3)37(5)56(48-26-18-24-44-45-25-16-17-31-54(45,7)59-53(44)48)36(4)32-51-52-38(6)57-49-33-41(39-19-12-10-13-20-39)27-29-46(49)55(52)47-30-28-42(34-50(47)58-51)40-21-14-11-15-22-40/h8-21,23-35,37,40,43,45H,1,4,22H2,2-3,5-7H3/b23-9-,51-32+. The maximum atomic E-state index is 7.12. The van der Waals surface area contributed by atoms with Gasteiger partial charge in [0, 0.05) is 40.7 Å². The van der Waals surface area contributed by atoms with Crippen LogP contribution in [0.4, 0.5) is 5.69 Å². The summed E-state index contributed by atoms with van der Waals surface area (Å²) in [4.78, 5) is 2.36. The molecule has 0 N–H and O–H groups in total.